The summed E-state index contributed by atoms with van der Waals surface area (Å²) in [4.78, 5) is 1.81. The number of ether oxygens (including phenoxy) is 1. The molecule has 0 aromatic heterocycles. The molecule has 0 spiro atoms. The first-order valence-electron chi connectivity index (χ1n) is 8.78. The van der Waals surface area contributed by atoms with Gasteiger partial charge in [0.1, 0.15) is 11.5 Å². The van der Waals surface area contributed by atoms with E-state index in [9.17, 15) is 13.2 Å². The Morgan fingerprint density at radius 1 is 1.19 bits per heavy atom. The molecule has 0 saturated carbocycles. The zero-order valence-electron chi connectivity index (χ0n) is 14.7. The topological polar surface area (TPSA) is 24.5 Å². The smallest absolute Gasteiger partial charge is 0.418 e. The van der Waals surface area contributed by atoms with Crippen molar-refractivity contribution in [3.8, 4) is 11.5 Å². The van der Waals surface area contributed by atoms with Crippen molar-refractivity contribution in [1.82, 2.24) is 5.32 Å². The second kappa shape index (κ2) is 6.20. The lowest BCUT2D eigenvalue weighted by atomic mass is 9.89. The maximum Gasteiger partial charge on any atom is 0.418 e. The maximum atomic E-state index is 13.8. The van der Waals surface area contributed by atoms with Crippen LogP contribution in [-0.4, -0.2) is 26.2 Å². The van der Waals surface area contributed by atoms with Crippen molar-refractivity contribution >= 4 is 5.69 Å². The highest BCUT2D eigenvalue weighted by molar-refractivity contribution is 5.69. The van der Waals surface area contributed by atoms with Crippen LogP contribution < -0.4 is 15.0 Å². The first kappa shape index (κ1) is 17.2. The van der Waals surface area contributed by atoms with Crippen LogP contribution in [0.5, 0.6) is 11.5 Å². The lowest BCUT2D eigenvalue weighted by Crippen LogP contribution is -2.42. The van der Waals surface area contributed by atoms with Crippen LogP contribution in [0.1, 0.15) is 29.0 Å². The lowest BCUT2D eigenvalue weighted by Gasteiger charge is -2.31. The molecule has 26 heavy (non-hydrogen) atoms. The zero-order valence-corrected chi connectivity index (χ0v) is 14.7. The summed E-state index contributed by atoms with van der Waals surface area (Å²) in [6.45, 7) is 3.39. The Bertz CT molecular complexity index is 834. The van der Waals surface area contributed by atoms with Crippen LogP contribution in [0.15, 0.2) is 36.4 Å². The largest absolute Gasteiger partial charge is 0.457 e. The molecule has 1 N–H and O–H groups in total. The fourth-order valence-electron chi connectivity index (χ4n) is 4.17. The van der Waals surface area contributed by atoms with Gasteiger partial charge < -0.3 is 15.0 Å². The molecule has 138 valence electrons. The number of fused-ring (bicyclic) bond motifs is 3. The molecule has 2 aliphatic rings. The van der Waals surface area contributed by atoms with Crippen molar-refractivity contribution in [3.63, 3.8) is 0 Å². The Morgan fingerprint density at radius 2 is 1.96 bits per heavy atom. The number of piperidine rings is 1. The molecule has 4 rings (SSSR count). The number of likely N-dealkylation sites (N-methyl/N-ethyl adjacent to an activating group) is 1. The van der Waals surface area contributed by atoms with Crippen LogP contribution in [0.2, 0.25) is 0 Å². The van der Waals surface area contributed by atoms with Gasteiger partial charge in [0.15, 0.2) is 0 Å². The van der Waals surface area contributed by atoms with E-state index in [1.807, 2.05) is 25.1 Å². The summed E-state index contributed by atoms with van der Waals surface area (Å²) in [6, 6.07) is 10.3. The molecule has 2 heterocycles. The molecule has 2 aromatic rings. The quantitative estimate of drug-likeness (QED) is 0.838. The highest BCUT2D eigenvalue weighted by Gasteiger charge is 2.45. The molecule has 2 aliphatic heterocycles. The first-order valence-corrected chi connectivity index (χ1v) is 8.78. The third kappa shape index (κ3) is 2.82. The first-order chi connectivity index (χ1) is 12.4. The third-order valence-electron chi connectivity index (χ3n) is 5.43. The van der Waals surface area contributed by atoms with Crippen LogP contribution in [0, 0.1) is 6.92 Å². The monoisotopic (exact) mass is 362 g/mol. The van der Waals surface area contributed by atoms with E-state index >= 15 is 0 Å². The van der Waals surface area contributed by atoms with Crippen LogP contribution in [0.4, 0.5) is 18.9 Å². The number of alkyl halides is 3. The minimum absolute atomic E-state index is 0.0465. The van der Waals surface area contributed by atoms with Crippen molar-refractivity contribution in [3.05, 3.63) is 53.1 Å². The number of hydrogen-bond acceptors (Lipinski definition) is 3. The summed E-state index contributed by atoms with van der Waals surface area (Å²) in [5, 5.41) is 3.31. The number of aryl methyl sites for hydroxylation is 1. The minimum Gasteiger partial charge on any atom is -0.457 e. The van der Waals surface area contributed by atoms with Gasteiger partial charge in [-0.25, -0.2) is 0 Å². The summed E-state index contributed by atoms with van der Waals surface area (Å²) in [5.41, 5.74) is 1.29. The van der Waals surface area contributed by atoms with Gasteiger partial charge in [0.25, 0.3) is 0 Å². The summed E-state index contributed by atoms with van der Waals surface area (Å²) < 4.78 is 47.2. The van der Waals surface area contributed by atoms with Crippen LogP contribution >= 0.6 is 0 Å². The average Bonchev–Trinajstić information content (AvgIpc) is 2.89. The van der Waals surface area contributed by atoms with Gasteiger partial charge in [0, 0.05) is 25.6 Å². The Hall–Kier alpha value is -2.21. The van der Waals surface area contributed by atoms with Crippen molar-refractivity contribution in [2.45, 2.75) is 31.5 Å². The zero-order chi connectivity index (χ0) is 18.5. The summed E-state index contributed by atoms with van der Waals surface area (Å²) in [5.74, 6) is 0.862. The van der Waals surface area contributed by atoms with Crippen molar-refractivity contribution in [2.24, 2.45) is 0 Å². The normalized spacial score (nSPS) is 22.1. The second-order valence-electron chi connectivity index (χ2n) is 7.05. The molecule has 6 heteroatoms. The SMILES string of the molecule is Cc1ccccc1Oc1cc2c(c(C(F)(F)F)c1)N(C)[C@@H]1CCNC[C@H]21. The Morgan fingerprint density at radius 3 is 2.69 bits per heavy atom. The van der Waals surface area contributed by atoms with E-state index in [1.54, 1.807) is 24.1 Å². The standard InChI is InChI=1S/C20H21F3N2O/c1-12-5-3-4-6-18(12)26-13-9-14-15-11-24-8-7-17(15)25(2)19(14)16(10-13)20(21,22)23/h3-6,9-10,15,17,24H,7-8,11H2,1-2H3/t15-,17-/m1/s1. The van der Waals surface area contributed by atoms with Crippen molar-refractivity contribution in [1.29, 1.82) is 0 Å². The molecule has 0 aliphatic carbocycles. The number of rotatable bonds is 2. The van der Waals surface area contributed by atoms with Crippen LogP contribution in [-0.2, 0) is 6.18 Å². The number of anilines is 1. The maximum absolute atomic E-state index is 13.8. The van der Waals surface area contributed by atoms with Crippen LogP contribution in [0.3, 0.4) is 0 Å². The molecule has 1 fully saturated rings. The average molecular weight is 362 g/mol. The molecular formula is C20H21F3N2O. The van der Waals surface area contributed by atoms with Crippen LogP contribution in [0.25, 0.3) is 0 Å². The number of benzene rings is 2. The van der Waals surface area contributed by atoms with Gasteiger partial charge in [-0.15, -0.1) is 0 Å². The van der Waals surface area contributed by atoms with Gasteiger partial charge in [0.05, 0.1) is 11.3 Å². The predicted octanol–water partition coefficient (Wildman–Crippen LogP) is 4.70. The summed E-state index contributed by atoms with van der Waals surface area (Å²) in [7, 11) is 1.77. The number of halogens is 3. The summed E-state index contributed by atoms with van der Waals surface area (Å²) >= 11 is 0. The van der Waals surface area contributed by atoms with Gasteiger partial charge in [0.2, 0.25) is 0 Å². The Kier molecular flexibility index (Phi) is 4.10. The Balaban J connectivity index is 1.82. The fourth-order valence-corrected chi connectivity index (χ4v) is 4.17. The van der Waals surface area contributed by atoms with Crippen molar-refractivity contribution in [2.75, 3.05) is 25.0 Å². The van der Waals surface area contributed by atoms with E-state index in [0.29, 0.717) is 18.0 Å². The van der Waals surface area contributed by atoms with Gasteiger partial charge in [-0.3, -0.25) is 0 Å². The number of hydrogen-bond donors (Lipinski definition) is 1. The molecule has 3 nitrogen and oxygen atoms in total. The third-order valence-corrected chi connectivity index (χ3v) is 5.43. The molecule has 0 amide bonds. The van der Waals surface area contributed by atoms with Gasteiger partial charge in [-0.05, 0) is 49.2 Å². The highest BCUT2D eigenvalue weighted by Crippen LogP contribution is 2.50. The van der Waals surface area contributed by atoms with E-state index in [1.165, 1.54) is 0 Å². The van der Waals surface area contributed by atoms with Gasteiger partial charge in [-0.1, -0.05) is 18.2 Å². The second-order valence-corrected chi connectivity index (χ2v) is 7.05. The van der Waals surface area contributed by atoms with E-state index in [2.05, 4.69) is 5.32 Å². The number of para-hydroxylation sites is 1. The van der Waals surface area contributed by atoms with E-state index in [-0.39, 0.29) is 17.7 Å². The minimum atomic E-state index is -4.43. The number of nitrogens with one attached hydrogen (secondary N) is 1. The molecule has 2 atom stereocenters. The molecule has 2 aromatic carbocycles. The van der Waals surface area contributed by atoms with Crippen molar-refractivity contribution < 1.29 is 17.9 Å². The number of nitrogens with zero attached hydrogens (tertiary/aromatic N) is 1. The fraction of sp³-hybridized carbons (Fsp3) is 0.400. The lowest BCUT2D eigenvalue weighted by molar-refractivity contribution is -0.137. The van der Waals surface area contributed by atoms with E-state index in [0.717, 1.165) is 30.2 Å². The summed E-state index contributed by atoms with van der Waals surface area (Å²) in [6.07, 6.45) is -3.59. The molecule has 1 saturated heterocycles. The molecule has 0 radical (unpaired) electrons. The van der Waals surface area contributed by atoms with E-state index < -0.39 is 11.7 Å². The highest BCUT2D eigenvalue weighted by atomic mass is 19.4. The molecule has 0 unspecified atom stereocenters. The van der Waals surface area contributed by atoms with E-state index in [4.69, 9.17) is 4.74 Å². The van der Waals surface area contributed by atoms with Gasteiger partial charge >= 0.3 is 6.18 Å². The van der Waals surface area contributed by atoms with Gasteiger partial charge in [-0.2, -0.15) is 13.2 Å². The Labute approximate surface area is 150 Å². The molecule has 0 bridgehead atoms. The molecular weight excluding hydrogens is 341 g/mol. The predicted molar refractivity (Wildman–Crippen MR) is 95.1 cm³/mol.